The first-order valence-corrected chi connectivity index (χ1v) is 6.87. The number of aryl methyl sites for hydroxylation is 1. The van der Waals surface area contributed by atoms with Crippen molar-refractivity contribution in [2.75, 3.05) is 5.73 Å². The van der Waals surface area contributed by atoms with Crippen molar-refractivity contribution in [2.45, 2.75) is 33.3 Å². The highest BCUT2D eigenvalue weighted by molar-refractivity contribution is 7.13. The maximum Gasteiger partial charge on any atom is 0.180 e. The number of thiazole rings is 1. The second-order valence-corrected chi connectivity index (χ2v) is 5.53. The number of hydrogen-bond donors (Lipinski definition) is 1. The van der Waals surface area contributed by atoms with E-state index in [1.54, 1.807) is 0 Å². The molecule has 0 saturated carbocycles. The molecule has 0 spiro atoms. The third kappa shape index (κ3) is 3.01. The predicted molar refractivity (Wildman–Crippen MR) is 76.1 cm³/mol. The van der Waals surface area contributed by atoms with Gasteiger partial charge in [0.05, 0.1) is 5.69 Å². The van der Waals surface area contributed by atoms with E-state index in [0.29, 0.717) is 17.7 Å². The summed E-state index contributed by atoms with van der Waals surface area (Å²) in [5, 5.41) is 2.50. The van der Waals surface area contributed by atoms with E-state index in [2.05, 4.69) is 37.9 Å². The van der Waals surface area contributed by atoms with Crippen LogP contribution in [-0.2, 0) is 6.61 Å². The maximum atomic E-state index is 5.71. The maximum absolute atomic E-state index is 5.71. The zero-order chi connectivity index (χ0) is 13.1. The molecule has 1 aromatic heterocycles. The molecule has 1 aromatic carbocycles. The van der Waals surface area contributed by atoms with E-state index in [4.69, 9.17) is 10.5 Å². The lowest BCUT2D eigenvalue weighted by Gasteiger charge is -2.11. The zero-order valence-electron chi connectivity index (χ0n) is 10.9. The van der Waals surface area contributed by atoms with E-state index in [9.17, 15) is 0 Å². The van der Waals surface area contributed by atoms with Gasteiger partial charge in [0.15, 0.2) is 5.13 Å². The summed E-state index contributed by atoms with van der Waals surface area (Å²) in [5.74, 6) is 1.42. The fraction of sp³-hybridized carbons (Fsp3) is 0.357. The molecule has 0 saturated heterocycles. The van der Waals surface area contributed by atoms with Gasteiger partial charge in [0.1, 0.15) is 12.4 Å². The second kappa shape index (κ2) is 5.40. The minimum absolute atomic E-state index is 0.466. The molecule has 0 fully saturated rings. The molecular formula is C14H18N2OS. The van der Waals surface area contributed by atoms with Crippen molar-refractivity contribution >= 4 is 16.5 Å². The number of nitrogen functional groups attached to an aromatic ring is 1. The molecule has 0 aliphatic carbocycles. The predicted octanol–water partition coefficient (Wildman–Crippen LogP) is 3.74. The fourth-order valence-electron chi connectivity index (χ4n) is 1.93. The Hall–Kier alpha value is -1.55. The zero-order valence-corrected chi connectivity index (χ0v) is 11.8. The van der Waals surface area contributed by atoms with Crippen LogP contribution in [0, 0.1) is 6.92 Å². The molecule has 3 nitrogen and oxygen atoms in total. The van der Waals surface area contributed by atoms with Crippen molar-refractivity contribution in [1.29, 1.82) is 0 Å². The molecule has 2 aromatic rings. The normalized spacial score (nSPS) is 10.9. The van der Waals surface area contributed by atoms with Gasteiger partial charge in [0.25, 0.3) is 0 Å². The third-order valence-electron chi connectivity index (χ3n) is 2.82. The molecule has 0 amide bonds. The lowest BCUT2D eigenvalue weighted by molar-refractivity contribution is 0.302. The molecule has 0 bridgehead atoms. The van der Waals surface area contributed by atoms with Gasteiger partial charge in [-0.2, -0.15) is 0 Å². The molecule has 0 aliphatic heterocycles. The summed E-state index contributed by atoms with van der Waals surface area (Å²) in [5.41, 5.74) is 9.08. The van der Waals surface area contributed by atoms with Crippen molar-refractivity contribution in [3.8, 4) is 5.75 Å². The summed E-state index contributed by atoms with van der Waals surface area (Å²) < 4.78 is 5.71. The van der Waals surface area contributed by atoms with Gasteiger partial charge in [-0.15, -0.1) is 11.3 Å². The average molecular weight is 262 g/mol. The Morgan fingerprint density at radius 1 is 1.39 bits per heavy atom. The minimum Gasteiger partial charge on any atom is -0.487 e. The van der Waals surface area contributed by atoms with Crippen LogP contribution in [0.2, 0.25) is 0 Å². The van der Waals surface area contributed by atoms with Gasteiger partial charge >= 0.3 is 0 Å². The Balaban J connectivity index is 2.04. The molecule has 18 heavy (non-hydrogen) atoms. The molecule has 0 atom stereocenters. The largest absolute Gasteiger partial charge is 0.487 e. The number of hydrogen-bond acceptors (Lipinski definition) is 4. The summed E-state index contributed by atoms with van der Waals surface area (Å²) in [6, 6.07) is 6.22. The Kier molecular flexibility index (Phi) is 3.87. The molecule has 0 radical (unpaired) electrons. The number of ether oxygens (including phenoxy) is 1. The van der Waals surface area contributed by atoms with E-state index in [1.807, 2.05) is 11.4 Å². The van der Waals surface area contributed by atoms with Gasteiger partial charge in [-0.3, -0.25) is 0 Å². The molecule has 1 heterocycles. The number of aromatic nitrogens is 1. The SMILES string of the molecule is Cc1cc(OCc2csc(N)n2)ccc1C(C)C. The summed E-state index contributed by atoms with van der Waals surface area (Å²) in [6.45, 7) is 6.97. The van der Waals surface area contributed by atoms with Gasteiger partial charge in [-0.25, -0.2) is 4.98 Å². The van der Waals surface area contributed by atoms with Crippen LogP contribution >= 0.6 is 11.3 Å². The average Bonchev–Trinajstić information content (AvgIpc) is 2.72. The number of nitrogens with two attached hydrogens (primary N) is 1. The Labute approximate surface area is 112 Å². The molecule has 4 heteroatoms. The summed E-state index contributed by atoms with van der Waals surface area (Å²) in [6.07, 6.45) is 0. The number of nitrogens with zero attached hydrogens (tertiary/aromatic N) is 1. The molecule has 0 aliphatic rings. The first-order valence-electron chi connectivity index (χ1n) is 5.99. The Bertz CT molecular complexity index is 534. The van der Waals surface area contributed by atoms with Crippen LogP contribution in [-0.4, -0.2) is 4.98 Å². The van der Waals surface area contributed by atoms with E-state index in [1.165, 1.54) is 22.5 Å². The highest BCUT2D eigenvalue weighted by atomic mass is 32.1. The van der Waals surface area contributed by atoms with Gasteiger partial charge in [0, 0.05) is 5.38 Å². The van der Waals surface area contributed by atoms with Crippen LogP contribution in [0.4, 0.5) is 5.13 Å². The second-order valence-electron chi connectivity index (χ2n) is 4.64. The standard InChI is InChI=1S/C14H18N2OS/c1-9(2)13-5-4-12(6-10(13)3)17-7-11-8-18-14(15)16-11/h4-6,8-9H,7H2,1-3H3,(H2,15,16). The van der Waals surface area contributed by atoms with Crippen LogP contribution in [0.1, 0.15) is 36.6 Å². The highest BCUT2D eigenvalue weighted by Crippen LogP contribution is 2.24. The van der Waals surface area contributed by atoms with Gasteiger partial charge < -0.3 is 10.5 Å². The van der Waals surface area contributed by atoms with Crippen molar-refractivity contribution in [3.63, 3.8) is 0 Å². The van der Waals surface area contributed by atoms with Crippen molar-refractivity contribution in [1.82, 2.24) is 4.98 Å². The summed E-state index contributed by atoms with van der Waals surface area (Å²) in [7, 11) is 0. The highest BCUT2D eigenvalue weighted by Gasteiger charge is 2.05. The Morgan fingerprint density at radius 2 is 2.17 bits per heavy atom. The fourth-order valence-corrected chi connectivity index (χ4v) is 2.48. The summed E-state index contributed by atoms with van der Waals surface area (Å²) in [4.78, 5) is 4.17. The Morgan fingerprint density at radius 3 is 2.72 bits per heavy atom. The molecule has 96 valence electrons. The van der Waals surface area contributed by atoms with Crippen LogP contribution < -0.4 is 10.5 Å². The smallest absolute Gasteiger partial charge is 0.180 e. The van der Waals surface area contributed by atoms with E-state index in [0.717, 1.165) is 11.4 Å². The molecule has 0 unspecified atom stereocenters. The van der Waals surface area contributed by atoms with Crippen LogP contribution in [0.5, 0.6) is 5.75 Å². The van der Waals surface area contributed by atoms with Crippen LogP contribution in [0.15, 0.2) is 23.6 Å². The van der Waals surface area contributed by atoms with Crippen molar-refractivity contribution in [2.24, 2.45) is 0 Å². The van der Waals surface area contributed by atoms with E-state index < -0.39 is 0 Å². The monoisotopic (exact) mass is 262 g/mol. The third-order valence-corrected chi connectivity index (χ3v) is 3.54. The number of anilines is 1. The van der Waals surface area contributed by atoms with Gasteiger partial charge in [-0.05, 0) is 36.1 Å². The van der Waals surface area contributed by atoms with Crippen LogP contribution in [0.25, 0.3) is 0 Å². The van der Waals surface area contributed by atoms with Gasteiger partial charge in [-0.1, -0.05) is 19.9 Å². The topological polar surface area (TPSA) is 48.1 Å². The van der Waals surface area contributed by atoms with Crippen molar-refractivity contribution < 1.29 is 4.74 Å². The number of benzene rings is 1. The quantitative estimate of drug-likeness (QED) is 0.913. The lowest BCUT2D eigenvalue weighted by atomic mass is 9.98. The molecular weight excluding hydrogens is 244 g/mol. The number of rotatable bonds is 4. The van der Waals surface area contributed by atoms with Crippen LogP contribution in [0.3, 0.4) is 0 Å². The first-order chi connectivity index (χ1) is 8.56. The van der Waals surface area contributed by atoms with E-state index >= 15 is 0 Å². The minimum atomic E-state index is 0.466. The summed E-state index contributed by atoms with van der Waals surface area (Å²) >= 11 is 1.44. The first kappa shape index (κ1) is 12.9. The van der Waals surface area contributed by atoms with Gasteiger partial charge in [0.2, 0.25) is 0 Å². The molecule has 2 N–H and O–H groups in total. The molecule has 2 rings (SSSR count). The van der Waals surface area contributed by atoms with Crippen molar-refractivity contribution in [3.05, 3.63) is 40.4 Å². The lowest BCUT2D eigenvalue weighted by Crippen LogP contribution is -1.98. The van der Waals surface area contributed by atoms with E-state index in [-0.39, 0.29) is 0 Å².